The van der Waals surface area contributed by atoms with Crippen LogP contribution in [0.15, 0.2) is 35.1 Å². The lowest BCUT2D eigenvalue weighted by Crippen LogP contribution is -2.15. The smallest absolute Gasteiger partial charge is 0.320 e. The van der Waals surface area contributed by atoms with Gasteiger partial charge in [0.05, 0.1) is 11.0 Å². The van der Waals surface area contributed by atoms with Gasteiger partial charge in [0.1, 0.15) is 5.82 Å². The number of nitrogens with one attached hydrogen (secondary N) is 1. The first kappa shape index (κ1) is 17.5. The molecule has 0 fully saturated rings. The Morgan fingerprint density at radius 3 is 2.85 bits per heavy atom. The van der Waals surface area contributed by atoms with E-state index in [9.17, 15) is 13.6 Å². The van der Waals surface area contributed by atoms with E-state index in [1.165, 1.54) is 21.9 Å². The van der Waals surface area contributed by atoms with Crippen LogP contribution in [0.1, 0.15) is 25.0 Å². The molecule has 0 amide bonds. The van der Waals surface area contributed by atoms with Gasteiger partial charge in [0, 0.05) is 24.7 Å². The molecule has 0 radical (unpaired) electrons. The fourth-order valence-corrected chi connectivity index (χ4v) is 3.73. The zero-order valence-corrected chi connectivity index (χ0v) is 15.2. The van der Waals surface area contributed by atoms with Crippen molar-refractivity contribution in [2.45, 2.75) is 26.3 Å². The molecule has 0 bridgehead atoms. The lowest BCUT2D eigenvalue weighted by molar-refractivity contribution is 0.0716. The van der Waals surface area contributed by atoms with E-state index in [1.807, 2.05) is 6.92 Å². The normalized spacial score (nSPS) is 11.7. The number of rotatable bonds is 6. The van der Waals surface area contributed by atoms with Gasteiger partial charge in [-0.2, -0.15) is 13.3 Å². The monoisotopic (exact) mass is 390 g/mol. The second-order valence-electron chi connectivity index (χ2n) is 5.88. The van der Waals surface area contributed by atoms with Gasteiger partial charge in [-0.15, -0.1) is 5.10 Å². The molecular formula is C17H16F2N6OS. The fraction of sp³-hybridized carbons (Fsp3) is 0.294. The summed E-state index contributed by atoms with van der Waals surface area (Å²) in [6, 6.07) is 8.27. The molecule has 0 saturated carbocycles. The number of benzene rings is 1. The third-order valence-corrected chi connectivity index (χ3v) is 5.02. The number of nitrogens with zero attached hydrogens (tertiary/aromatic N) is 5. The van der Waals surface area contributed by atoms with Crippen molar-refractivity contribution in [1.29, 1.82) is 0 Å². The maximum Gasteiger partial charge on any atom is 0.320 e. The molecule has 3 heterocycles. The van der Waals surface area contributed by atoms with Crippen molar-refractivity contribution in [2.75, 3.05) is 11.9 Å². The Morgan fingerprint density at radius 1 is 1.26 bits per heavy atom. The number of alkyl halides is 2. The lowest BCUT2D eigenvalue weighted by atomic mass is 10.3. The number of aromatic nitrogens is 5. The maximum atomic E-state index is 13.4. The van der Waals surface area contributed by atoms with Crippen LogP contribution in [0.25, 0.3) is 16.0 Å². The van der Waals surface area contributed by atoms with E-state index in [0.29, 0.717) is 45.6 Å². The highest BCUT2D eigenvalue weighted by atomic mass is 32.1. The predicted molar refractivity (Wildman–Crippen MR) is 99.7 cm³/mol. The van der Waals surface area contributed by atoms with Crippen molar-refractivity contribution in [2.24, 2.45) is 0 Å². The highest BCUT2D eigenvalue weighted by Gasteiger charge is 2.17. The molecule has 0 aliphatic carbocycles. The summed E-state index contributed by atoms with van der Waals surface area (Å²) in [6.45, 7) is -0.385. The number of anilines is 1. The third kappa shape index (κ3) is 3.27. The van der Waals surface area contributed by atoms with Crippen LogP contribution in [0.2, 0.25) is 0 Å². The molecule has 4 aromatic rings. The topological polar surface area (TPSA) is 77.1 Å². The van der Waals surface area contributed by atoms with Gasteiger partial charge in [0.2, 0.25) is 10.1 Å². The van der Waals surface area contributed by atoms with Crippen LogP contribution in [-0.4, -0.2) is 30.7 Å². The molecule has 27 heavy (non-hydrogen) atoms. The van der Waals surface area contributed by atoms with Gasteiger partial charge >= 0.3 is 6.55 Å². The van der Waals surface area contributed by atoms with E-state index >= 15 is 0 Å². The Labute approximate surface area is 156 Å². The molecule has 0 atom stereocenters. The summed E-state index contributed by atoms with van der Waals surface area (Å²) in [5, 5.41) is 7.77. The summed E-state index contributed by atoms with van der Waals surface area (Å²) in [4.78, 5) is 21.2. The summed E-state index contributed by atoms with van der Waals surface area (Å²) in [5.74, 6) is 0.295. The SMILES string of the molecule is CCc1cc(=O)n2nc(NCCc3nc4ccccc4n3C(F)F)sc2n1. The molecule has 1 N–H and O–H groups in total. The number of hydrogen-bond acceptors (Lipinski definition) is 6. The number of hydrogen-bond donors (Lipinski definition) is 1. The molecule has 0 saturated heterocycles. The van der Waals surface area contributed by atoms with Gasteiger partial charge in [-0.05, 0) is 18.6 Å². The standard InChI is InChI=1S/C17H16F2N6OS/c1-2-10-9-14(26)25-17(21-10)27-16(23-25)20-8-7-13-22-11-5-3-4-6-12(11)24(13)15(18)19/h3-6,9,15H,2,7-8H2,1H3,(H,20,23). The molecule has 140 valence electrons. The van der Waals surface area contributed by atoms with E-state index in [4.69, 9.17) is 0 Å². The van der Waals surface area contributed by atoms with Crippen LogP contribution in [0, 0.1) is 0 Å². The van der Waals surface area contributed by atoms with Crippen LogP contribution < -0.4 is 10.9 Å². The van der Waals surface area contributed by atoms with Crippen molar-refractivity contribution in [3.63, 3.8) is 0 Å². The molecule has 0 unspecified atom stereocenters. The largest absolute Gasteiger partial charge is 0.360 e. The van der Waals surface area contributed by atoms with Crippen molar-refractivity contribution in [3.05, 3.63) is 52.2 Å². The van der Waals surface area contributed by atoms with Crippen LogP contribution in [0.3, 0.4) is 0 Å². The second-order valence-corrected chi connectivity index (χ2v) is 6.84. The zero-order chi connectivity index (χ0) is 19.0. The summed E-state index contributed by atoms with van der Waals surface area (Å²) in [5.41, 5.74) is 1.42. The van der Waals surface area contributed by atoms with Gasteiger partial charge in [-0.3, -0.25) is 9.36 Å². The minimum atomic E-state index is -2.66. The molecule has 1 aromatic carbocycles. The van der Waals surface area contributed by atoms with Crippen molar-refractivity contribution in [3.8, 4) is 0 Å². The molecule has 0 spiro atoms. The van der Waals surface area contributed by atoms with Gasteiger partial charge in [-0.1, -0.05) is 30.4 Å². The maximum absolute atomic E-state index is 13.4. The van der Waals surface area contributed by atoms with Gasteiger partial charge < -0.3 is 5.32 Å². The summed E-state index contributed by atoms with van der Waals surface area (Å²) >= 11 is 1.25. The first-order chi connectivity index (χ1) is 13.1. The van der Waals surface area contributed by atoms with Crippen LogP contribution in [0.5, 0.6) is 0 Å². The minimum absolute atomic E-state index is 0.236. The second kappa shape index (κ2) is 7.03. The van der Waals surface area contributed by atoms with Crippen molar-refractivity contribution < 1.29 is 8.78 Å². The average molecular weight is 390 g/mol. The number of fused-ring (bicyclic) bond motifs is 2. The van der Waals surface area contributed by atoms with Gasteiger partial charge in [0.25, 0.3) is 5.56 Å². The average Bonchev–Trinajstić information content (AvgIpc) is 3.22. The Bertz CT molecular complexity index is 1170. The highest BCUT2D eigenvalue weighted by molar-refractivity contribution is 7.20. The van der Waals surface area contributed by atoms with E-state index in [-0.39, 0.29) is 12.0 Å². The number of para-hydroxylation sites is 2. The number of aryl methyl sites for hydroxylation is 1. The quantitative estimate of drug-likeness (QED) is 0.547. The lowest BCUT2D eigenvalue weighted by Gasteiger charge is -2.07. The van der Waals surface area contributed by atoms with Crippen molar-refractivity contribution >= 4 is 32.5 Å². The van der Waals surface area contributed by atoms with Gasteiger partial charge in [-0.25, -0.2) is 9.97 Å². The molecule has 0 aliphatic heterocycles. The molecular weight excluding hydrogens is 374 g/mol. The van der Waals surface area contributed by atoms with Crippen LogP contribution in [-0.2, 0) is 12.8 Å². The molecule has 10 heteroatoms. The Hall–Kier alpha value is -2.88. The number of imidazole rings is 1. The van der Waals surface area contributed by atoms with Crippen LogP contribution >= 0.6 is 11.3 Å². The highest BCUT2D eigenvalue weighted by Crippen LogP contribution is 2.23. The first-order valence-corrected chi connectivity index (χ1v) is 9.26. The number of halogens is 2. The molecule has 7 nitrogen and oxygen atoms in total. The Morgan fingerprint density at radius 2 is 2.07 bits per heavy atom. The zero-order valence-electron chi connectivity index (χ0n) is 14.4. The Kier molecular flexibility index (Phi) is 4.56. The molecule has 0 aliphatic rings. The summed E-state index contributed by atoms with van der Waals surface area (Å²) in [7, 11) is 0. The van der Waals surface area contributed by atoms with E-state index in [0.717, 1.165) is 4.57 Å². The fourth-order valence-electron chi connectivity index (χ4n) is 2.88. The van der Waals surface area contributed by atoms with Crippen molar-refractivity contribution in [1.82, 2.24) is 24.1 Å². The summed E-state index contributed by atoms with van der Waals surface area (Å²) < 4.78 is 29.1. The first-order valence-electron chi connectivity index (χ1n) is 8.44. The van der Waals surface area contributed by atoms with E-state index < -0.39 is 6.55 Å². The molecule has 3 aromatic heterocycles. The third-order valence-electron chi connectivity index (χ3n) is 4.15. The molecule has 4 rings (SSSR count). The van der Waals surface area contributed by atoms with Gasteiger partial charge in [0.15, 0.2) is 0 Å². The predicted octanol–water partition coefficient (Wildman–Crippen LogP) is 3.11. The van der Waals surface area contributed by atoms with E-state index in [1.54, 1.807) is 24.3 Å². The van der Waals surface area contributed by atoms with Crippen LogP contribution in [0.4, 0.5) is 13.9 Å². The van der Waals surface area contributed by atoms with E-state index in [2.05, 4.69) is 20.4 Å². The Balaban J connectivity index is 1.54. The summed E-state index contributed by atoms with van der Waals surface area (Å²) in [6.07, 6.45) is 0.952. The minimum Gasteiger partial charge on any atom is -0.360 e.